The highest BCUT2D eigenvalue weighted by Crippen LogP contribution is 2.36. The molecule has 7 nitrogen and oxygen atoms in total. The molecule has 2 aromatic carbocycles. The summed E-state index contributed by atoms with van der Waals surface area (Å²) >= 11 is 3.48. The summed E-state index contributed by atoms with van der Waals surface area (Å²) in [5, 5.41) is 4.02. The molecule has 8 heteroatoms. The fourth-order valence-electron chi connectivity index (χ4n) is 2.48. The lowest BCUT2D eigenvalue weighted by Crippen LogP contribution is -2.17. The van der Waals surface area contributed by atoms with Gasteiger partial charge < -0.3 is 18.9 Å². The second-order valence-electron chi connectivity index (χ2n) is 5.46. The number of nitrogens with zero attached hydrogens (tertiary/aromatic N) is 1. The van der Waals surface area contributed by atoms with Crippen molar-refractivity contribution in [1.29, 1.82) is 0 Å². The van der Waals surface area contributed by atoms with Gasteiger partial charge >= 0.3 is 0 Å². The van der Waals surface area contributed by atoms with Gasteiger partial charge in [0.15, 0.2) is 23.0 Å². The Bertz CT molecular complexity index is 869. The van der Waals surface area contributed by atoms with E-state index in [1.54, 1.807) is 24.3 Å². The highest BCUT2D eigenvalue weighted by molar-refractivity contribution is 9.10. The molecule has 0 saturated carbocycles. The minimum atomic E-state index is -0.348. The molecular formula is C19H19BrN2O5. The van der Waals surface area contributed by atoms with Crippen molar-refractivity contribution in [3.8, 4) is 23.0 Å². The number of rotatable bonds is 7. The quantitative estimate of drug-likeness (QED) is 0.530. The van der Waals surface area contributed by atoms with Crippen LogP contribution in [0, 0.1) is 0 Å². The van der Waals surface area contributed by atoms with Crippen molar-refractivity contribution in [2.45, 2.75) is 13.8 Å². The third-order valence-corrected chi connectivity index (χ3v) is 4.22. The van der Waals surface area contributed by atoms with E-state index in [1.807, 2.05) is 19.9 Å². The van der Waals surface area contributed by atoms with Crippen LogP contribution in [0.5, 0.6) is 23.0 Å². The predicted molar refractivity (Wildman–Crippen MR) is 104 cm³/mol. The number of hydrazone groups is 1. The SMILES string of the molecule is CCOc1cc(C=NNC(=O)c2ccc3c(c2)OCO3)cc(Br)c1OCC. The molecule has 1 aliphatic rings. The smallest absolute Gasteiger partial charge is 0.271 e. The van der Waals surface area contributed by atoms with Crippen molar-refractivity contribution in [3.63, 3.8) is 0 Å². The van der Waals surface area contributed by atoms with Crippen LogP contribution < -0.4 is 24.4 Å². The van der Waals surface area contributed by atoms with Crippen LogP contribution in [-0.4, -0.2) is 32.1 Å². The first-order valence-corrected chi connectivity index (χ1v) is 9.23. The van der Waals surface area contributed by atoms with Crippen LogP contribution in [0.2, 0.25) is 0 Å². The van der Waals surface area contributed by atoms with Gasteiger partial charge in [0.25, 0.3) is 5.91 Å². The molecular weight excluding hydrogens is 416 g/mol. The van der Waals surface area contributed by atoms with Gasteiger partial charge in [-0.15, -0.1) is 0 Å². The molecule has 0 aliphatic carbocycles. The van der Waals surface area contributed by atoms with Gasteiger partial charge in [-0.1, -0.05) is 0 Å². The van der Waals surface area contributed by atoms with E-state index in [2.05, 4.69) is 26.5 Å². The molecule has 0 radical (unpaired) electrons. The van der Waals surface area contributed by atoms with Gasteiger partial charge in [-0.05, 0) is 65.7 Å². The average Bonchev–Trinajstić information content (AvgIpc) is 3.12. The van der Waals surface area contributed by atoms with Crippen molar-refractivity contribution in [3.05, 3.63) is 45.9 Å². The van der Waals surface area contributed by atoms with E-state index in [0.717, 1.165) is 10.0 Å². The van der Waals surface area contributed by atoms with Crippen LogP contribution in [0.3, 0.4) is 0 Å². The maximum Gasteiger partial charge on any atom is 0.271 e. The predicted octanol–water partition coefficient (Wildman–Crippen LogP) is 3.74. The molecule has 2 aromatic rings. The summed E-state index contributed by atoms with van der Waals surface area (Å²) < 4.78 is 22.5. The van der Waals surface area contributed by atoms with Gasteiger partial charge in [-0.2, -0.15) is 5.10 Å². The number of amides is 1. The zero-order valence-electron chi connectivity index (χ0n) is 15.0. The van der Waals surface area contributed by atoms with E-state index < -0.39 is 0 Å². The Morgan fingerprint density at radius 2 is 1.96 bits per heavy atom. The maximum absolute atomic E-state index is 12.2. The van der Waals surface area contributed by atoms with Crippen LogP contribution >= 0.6 is 15.9 Å². The number of benzene rings is 2. The number of nitrogens with one attached hydrogen (secondary N) is 1. The molecule has 1 amide bonds. The molecule has 0 atom stereocenters. The van der Waals surface area contributed by atoms with Gasteiger partial charge in [0.2, 0.25) is 6.79 Å². The molecule has 0 saturated heterocycles. The summed E-state index contributed by atoms with van der Waals surface area (Å²) in [4.78, 5) is 12.2. The van der Waals surface area contributed by atoms with E-state index in [0.29, 0.717) is 41.8 Å². The van der Waals surface area contributed by atoms with Gasteiger partial charge in [0.05, 0.1) is 23.9 Å². The lowest BCUT2D eigenvalue weighted by Gasteiger charge is -2.13. The number of fused-ring (bicyclic) bond motifs is 1. The number of hydrogen-bond acceptors (Lipinski definition) is 6. The second kappa shape index (κ2) is 8.77. The summed E-state index contributed by atoms with van der Waals surface area (Å²) in [6.45, 7) is 5.00. The zero-order valence-corrected chi connectivity index (χ0v) is 16.5. The fraction of sp³-hybridized carbons (Fsp3) is 0.263. The molecule has 0 unspecified atom stereocenters. The summed E-state index contributed by atoms with van der Waals surface area (Å²) in [5.41, 5.74) is 3.68. The molecule has 142 valence electrons. The summed E-state index contributed by atoms with van der Waals surface area (Å²) in [5.74, 6) is 2.07. The zero-order chi connectivity index (χ0) is 19.2. The molecule has 0 aromatic heterocycles. The molecule has 1 aliphatic heterocycles. The molecule has 0 fully saturated rings. The Labute approximate surface area is 165 Å². The minimum absolute atomic E-state index is 0.160. The third kappa shape index (κ3) is 4.51. The van der Waals surface area contributed by atoms with E-state index in [4.69, 9.17) is 18.9 Å². The van der Waals surface area contributed by atoms with Crippen molar-refractivity contribution in [2.24, 2.45) is 5.10 Å². The Balaban J connectivity index is 1.71. The lowest BCUT2D eigenvalue weighted by atomic mass is 10.2. The molecule has 27 heavy (non-hydrogen) atoms. The number of halogens is 1. The number of carbonyl (C=O) groups is 1. The number of ether oxygens (including phenoxy) is 4. The van der Waals surface area contributed by atoms with Crippen LogP contribution in [0.4, 0.5) is 0 Å². The molecule has 3 rings (SSSR count). The number of hydrogen-bond donors (Lipinski definition) is 1. The van der Waals surface area contributed by atoms with Gasteiger partial charge in [-0.25, -0.2) is 5.43 Å². The minimum Gasteiger partial charge on any atom is -0.490 e. The lowest BCUT2D eigenvalue weighted by molar-refractivity contribution is 0.0954. The van der Waals surface area contributed by atoms with Gasteiger partial charge in [0, 0.05) is 5.56 Å². The standard InChI is InChI=1S/C19H19BrN2O5/c1-3-24-17-8-12(7-14(20)18(17)25-4-2)10-21-22-19(23)13-5-6-15-16(9-13)27-11-26-15/h5-10H,3-4,11H2,1-2H3,(H,22,23). The third-order valence-electron chi connectivity index (χ3n) is 3.63. The fourth-order valence-corrected chi connectivity index (χ4v) is 3.05. The second-order valence-corrected chi connectivity index (χ2v) is 6.32. The highest BCUT2D eigenvalue weighted by atomic mass is 79.9. The first-order chi connectivity index (χ1) is 13.1. The van der Waals surface area contributed by atoms with Crippen LogP contribution in [0.25, 0.3) is 0 Å². The van der Waals surface area contributed by atoms with E-state index in [1.165, 1.54) is 6.21 Å². The van der Waals surface area contributed by atoms with Crippen molar-refractivity contribution in [2.75, 3.05) is 20.0 Å². The Morgan fingerprint density at radius 1 is 1.19 bits per heavy atom. The Hall–Kier alpha value is -2.74. The van der Waals surface area contributed by atoms with E-state index in [9.17, 15) is 4.79 Å². The van der Waals surface area contributed by atoms with Gasteiger partial charge in [0.1, 0.15) is 0 Å². The first-order valence-electron chi connectivity index (χ1n) is 8.44. The van der Waals surface area contributed by atoms with E-state index in [-0.39, 0.29) is 12.7 Å². The summed E-state index contributed by atoms with van der Waals surface area (Å²) in [7, 11) is 0. The van der Waals surface area contributed by atoms with Crippen molar-refractivity contribution in [1.82, 2.24) is 5.43 Å². The molecule has 1 heterocycles. The van der Waals surface area contributed by atoms with Crippen molar-refractivity contribution < 1.29 is 23.7 Å². The van der Waals surface area contributed by atoms with Crippen molar-refractivity contribution >= 4 is 28.1 Å². The molecule has 0 spiro atoms. The maximum atomic E-state index is 12.2. The summed E-state index contributed by atoms with van der Waals surface area (Å²) in [6, 6.07) is 8.60. The largest absolute Gasteiger partial charge is 0.490 e. The molecule has 0 bridgehead atoms. The van der Waals surface area contributed by atoms with Gasteiger partial charge in [-0.3, -0.25) is 4.79 Å². The number of carbonyl (C=O) groups excluding carboxylic acids is 1. The highest BCUT2D eigenvalue weighted by Gasteiger charge is 2.16. The normalized spacial score (nSPS) is 12.3. The summed E-state index contributed by atoms with van der Waals surface area (Å²) in [6.07, 6.45) is 1.54. The Morgan fingerprint density at radius 3 is 2.74 bits per heavy atom. The van der Waals surface area contributed by atoms with Crippen LogP contribution in [0.15, 0.2) is 39.9 Å². The van der Waals surface area contributed by atoms with Crippen LogP contribution in [0.1, 0.15) is 29.8 Å². The Kier molecular flexibility index (Phi) is 6.18. The average molecular weight is 435 g/mol. The van der Waals surface area contributed by atoms with E-state index >= 15 is 0 Å². The van der Waals surface area contributed by atoms with Crippen LogP contribution in [-0.2, 0) is 0 Å². The first kappa shape index (κ1) is 19.0. The molecule has 1 N–H and O–H groups in total. The monoisotopic (exact) mass is 434 g/mol. The topological polar surface area (TPSA) is 78.4 Å².